The number of sulfonamides is 1. The fourth-order valence-corrected chi connectivity index (χ4v) is 5.00. The molecule has 4 aromatic rings. The van der Waals surface area contributed by atoms with Gasteiger partial charge >= 0.3 is 0 Å². The van der Waals surface area contributed by atoms with Crippen molar-refractivity contribution in [1.29, 1.82) is 0 Å². The van der Waals surface area contributed by atoms with Crippen molar-refractivity contribution < 1.29 is 17.9 Å². The minimum Gasteiger partial charge on any atom is -0.497 e. The van der Waals surface area contributed by atoms with Gasteiger partial charge in [-0.3, -0.25) is 9.52 Å². The molecule has 7 nitrogen and oxygen atoms in total. The molecular formula is C25H21N3O4S. The number of anilines is 2. The summed E-state index contributed by atoms with van der Waals surface area (Å²) in [4.78, 5) is 16.0. The van der Waals surface area contributed by atoms with Crippen molar-refractivity contribution in [2.75, 3.05) is 17.1 Å². The van der Waals surface area contributed by atoms with E-state index < -0.39 is 10.0 Å². The van der Waals surface area contributed by atoms with Crippen LogP contribution in [0.4, 0.5) is 11.4 Å². The van der Waals surface area contributed by atoms with E-state index in [0.717, 1.165) is 22.0 Å². The number of carbonyl (C=O) groups is 1. The Morgan fingerprint density at radius 2 is 1.88 bits per heavy atom. The van der Waals surface area contributed by atoms with Gasteiger partial charge in [-0.15, -0.1) is 0 Å². The van der Waals surface area contributed by atoms with E-state index in [1.54, 1.807) is 37.5 Å². The lowest BCUT2D eigenvalue weighted by Gasteiger charge is -2.10. The largest absolute Gasteiger partial charge is 0.497 e. The van der Waals surface area contributed by atoms with Crippen molar-refractivity contribution in [3.63, 3.8) is 0 Å². The van der Waals surface area contributed by atoms with Gasteiger partial charge in [0.15, 0.2) is 0 Å². The minimum atomic E-state index is -3.84. The number of ether oxygens (including phenoxy) is 1. The van der Waals surface area contributed by atoms with E-state index in [1.165, 1.54) is 12.1 Å². The molecule has 3 aromatic carbocycles. The first-order valence-electron chi connectivity index (χ1n) is 10.3. The predicted molar refractivity (Wildman–Crippen MR) is 130 cm³/mol. The highest BCUT2D eigenvalue weighted by atomic mass is 32.2. The summed E-state index contributed by atoms with van der Waals surface area (Å²) in [5.74, 6) is 0.414. The highest BCUT2D eigenvalue weighted by Crippen LogP contribution is 2.36. The van der Waals surface area contributed by atoms with Crippen LogP contribution in [-0.2, 0) is 14.8 Å². The lowest BCUT2D eigenvalue weighted by molar-refractivity contribution is -0.110. The minimum absolute atomic E-state index is 0.0748. The van der Waals surface area contributed by atoms with Crippen molar-refractivity contribution in [3.8, 4) is 5.75 Å². The molecule has 0 bridgehead atoms. The molecule has 5 rings (SSSR count). The second-order valence-electron chi connectivity index (χ2n) is 7.85. The number of amides is 1. The molecule has 0 saturated carbocycles. The van der Waals surface area contributed by atoms with Crippen LogP contribution in [0.25, 0.3) is 22.6 Å². The first kappa shape index (κ1) is 20.8. The van der Waals surface area contributed by atoms with Crippen molar-refractivity contribution in [2.24, 2.45) is 0 Å². The Labute approximate surface area is 191 Å². The third-order valence-electron chi connectivity index (χ3n) is 5.58. The molecule has 33 heavy (non-hydrogen) atoms. The Morgan fingerprint density at radius 1 is 1.03 bits per heavy atom. The standard InChI is InChI=1S/C25H21N3O4S/c1-15-4-3-5-17(10-15)28-33(30,31)19-7-9-24-21(13-19)22(25(29)27-24)11-16-14-26-23-8-6-18(32-2)12-20(16)23/h3-14,26,28H,1-2H3,(H,27,29)/b22-11+. The number of aromatic amines is 1. The summed E-state index contributed by atoms with van der Waals surface area (Å²) in [5, 5.41) is 3.71. The Kier molecular flexibility index (Phi) is 4.94. The van der Waals surface area contributed by atoms with Crippen LogP contribution >= 0.6 is 0 Å². The zero-order valence-corrected chi connectivity index (χ0v) is 18.8. The summed E-state index contributed by atoms with van der Waals surface area (Å²) < 4.78 is 33.9. The average molecular weight is 460 g/mol. The SMILES string of the molecule is COc1ccc2[nH]cc(/C=C3/C(=O)Nc4ccc(S(=O)(=O)Nc5cccc(C)c5)cc43)c2c1. The number of nitrogens with one attached hydrogen (secondary N) is 3. The van der Waals surface area contributed by atoms with Crippen molar-refractivity contribution in [2.45, 2.75) is 11.8 Å². The zero-order chi connectivity index (χ0) is 23.2. The smallest absolute Gasteiger partial charge is 0.261 e. The fraction of sp³-hybridized carbons (Fsp3) is 0.0800. The van der Waals surface area contributed by atoms with Crippen LogP contribution in [0.1, 0.15) is 16.7 Å². The van der Waals surface area contributed by atoms with E-state index in [4.69, 9.17) is 4.74 Å². The number of benzene rings is 3. The van der Waals surface area contributed by atoms with Gasteiger partial charge in [0, 0.05) is 45.2 Å². The summed E-state index contributed by atoms with van der Waals surface area (Å²) >= 11 is 0. The number of aromatic nitrogens is 1. The van der Waals surface area contributed by atoms with E-state index in [0.29, 0.717) is 28.3 Å². The molecule has 1 amide bonds. The highest BCUT2D eigenvalue weighted by Gasteiger charge is 2.27. The van der Waals surface area contributed by atoms with E-state index >= 15 is 0 Å². The quantitative estimate of drug-likeness (QED) is 0.374. The lowest BCUT2D eigenvalue weighted by atomic mass is 10.0. The maximum Gasteiger partial charge on any atom is 0.261 e. The molecule has 0 unspecified atom stereocenters. The Bertz CT molecular complexity index is 1550. The monoisotopic (exact) mass is 459 g/mol. The van der Waals surface area contributed by atoms with E-state index in [-0.39, 0.29) is 10.8 Å². The van der Waals surface area contributed by atoms with Crippen LogP contribution in [0.3, 0.4) is 0 Å². The van der Waals surface area contributed by atoms with E-state index in [2.05, 4.69) is 15.0 Å². The van der Waals surface area contributed by atoms with Crippen LogP contribution in [-0.4, -0.2) is 26.4 Å². The Balaban J connectivity index is 1.55. The average Bonchev–Trinajstić information content (AvgIpc) is 3.33. The number of methoxy groups -OCH3 is 1. The fourth-order valence-electron chi connectivity index (χ4n) is 3.92. The number of fused-ring (bicyclic) bond motifs is 2. The summed E-state index contributed by atoms with van der Waals surface area (Å²) in [7, 11) is -2.24. The molecular weight excluding hydrogens is 438 g/mol. The number of carbonyl (C=O) groups excluding carboxylic acids is 1. The maximum atomic E-state index is 13.0. The number of aryl methyl sites for hydroxylation is 1. The summed E-state index contributed by atoms with van der Waals surface area (Å²) in [6, 6.07) is 17.4. The molecule has 8 heteroatoms. The molecule has 0 radical (unpaired) electrons. The first-order valence-corrected chi connectivity index (χ1v) is 11.7. The predicted octanol–water partition coefficient (Wildman–Crippen LogP) is 4.78. The summed E-state index contributed by atoms with van der Waals surface area (Å²) in [6.45, 7) is 1.89. The van der Waals surface area contributed by atoms with Gasteiger partial charge in [-0.2, -0.15) is 0 Å². The molecule has 0 fully saturated rings. The Hall–Kier alpha value is -4.04. The van der Waals surface area contributed by atoms with Gasteiger partial charge < -0.3 is 15.0 Å². The molecule has 2 heterocycles. The molecule has 0 saturated heterocycles. The van der Waals surface area contributed by atoms with Gasteiger partial charge in [-0.05, 0) is 67.1 Å². The molecule has 0 aliphatic carbocycles. The number of H-pyrrole nitrogens is 1. The summed E-state index contributed by atoms with van der Waals surface area (Å²) in [5.41, 5.74) is 4.62. The second kappa shape index (κ2) is 7.83. The maximum absolute atomic E-state index is 13.0. The van der Waals surface area contributed by atoms with Crippen LogP contribution in [0, 0.1) is 6.92 Å². The lowest BCUT2D eigenvalue weighted by Crippen LogP contribution is -2.13. The molecule has 0 atom stereocenters. The van der Waals surface area contributed by atoms with Crippen LogP contribution in [0.2, 0.25) is 0 Å². The number of hydrogen-bond acceptors (Lipinski definition) is 4. The van der Waals surface area contributed by atoms with Crippen LogP contribution in [0.5, 0.6) is 5.75 Å². The van der Waals surface area contributed by atoms with E-state index in [1.807, 2.05) is 37.4 Å². The van der Waals surface area contributed by atoms with Crippen LogP contribution < -0.4 is 14.8 Å². The van der Waals surface area contributed by atoms with Crippen molar-refractivity contribution in [3.05, 3.63) is 83.6 Å². The van der Waals surface area contributed by atoms with Crippen LogP contribution in [0.15, 0.2) is 71.8 Å². The summed E-state index contributed by atoms with van der Waals surface area (Å²) in [6.07, 6.45) is 3.56. The van der Waals surface area contributed by atoms with Gasteiger partial charge in [0.2, 0.25) is 0 Å². The normalized spacial score (nSPS) is 14.4. The second-order valence-corrected chi connectivity index (χ2v) is 9.53. The van der Waals surface area contributed by atoms with Gasteiger partial charge in [0.1, 0.15) is 5.75 Å². The van der Waals surface area contributed by atoms with Crippen molar-refractivity contribution >= 4 is 49.9 Å². The van der Waals surface area contributed by atoms with Gasteiger partial charge in [-0.1, -0.05) is 12.1 Å². The Morgan fingerprint density at radius 3 is 2.67 bits per heavy atom. The highest BCUT2D eigenvalue weighted by molar-refractivity contribution is 7.92. The third kappa shape index (κ3) is 3.85. The number of rotatable bonds is 5. The van der Waals surface area contributed by atoms with Gasteiger partial charge in [0.05, 0.1) is 12.0 Å². The zero-order valence-electron chi connectivity index (χ0n) is 18.0. The molecule has 1 aliphatic heterocycles. The van der Waals surface area contributed by atoms with E-state index in [9.17, 15) is 13.2 Å². The third-order valence-corrected chi connectivity index (χ3v) is 6.95. The number of hydrogen-bond donors (Lipinski definition) is 3. The molecule has 1 aromatic heterocycles. The molecule has 3 N–H and O–H groups in total. The topological polar surface area (TPSA) is 100 Å². The first-order chi connectivity index (χ1) is 15.8. The van der Waals surface area contributed by atoms with Gasteiger partial charge in [-0.25, -0.2) is 8.42 Å². The molecule has 0 spiro atoms. The molecule has 166 valence electrons. The van der Waals surface area contributed by atoms with Crippen molar-refractivity contribution in [1.82, 2.24) is 4.98 Å². The molecule has 1 aliphatic rings. The van der Waals surface area contributed by atoms with Gasteiger partial charge in [0.25, 0.3) is 15.9 Å².